The van der Waals surface area contributed by atoms with Crippen molar-refractivity contribution < 1.29 is 14.3 Å². The van der Waals surface area contributed by atoms with Gasteiger partial charge in [-0.3, -0.25) is 4.79 Å². The molecule has 36 heavy (non-hydrogen) atoms. The summed E-state index contributed by atoms with van der Waals surface area (Å²) in [5.41, 5.74) is 3.44. The lowest BCUT2D eigenvalue weighted by molar-refractivity contribution is -0.115. The van der Waals surface area contributed by atoms with Crippen LogP contribution in [0.3, 0.4) is 0 Å². The predicted octanol–water partition coefficient (Wildman–Crippen LogP) is 5.59. The second-order valence-corrected chi connectivity index (χ2v) is 9.82. The van der Waals surface area contributed by atoms with E-state index in [0.717, 1.165) is 16.1 Å². The summed E-state index contributed by atoms with van der Waals surface area (Å²) in [6.07, 6.45) is 0.225. The van der Waals surface area contributed by atoms with Crippen molar-refractivity contribution in [2.24, 2.45) is 0 Å². The monoisotopic (exact) mass is 517 g/mol. The largest absolute Gasteiger partial charge is 0.497 e. The van der Waals surface area contributed by atoms with Crippen LogP contribution in [0, 0.1) is 18.3 Å². The molecule has 0 spiro atoms. The van der Waals surface area contributed by atoms with Gasteiger partial charge in [-0.05, 0) is 31.2 Å². The molecule has 182 valence electrons. The third-order valence-corrected chi connectivity index (χ3v) is 6.94. The Morgan fingerprint density at radius 1 is 1.08 bits per heavy atom. The number of pyridine rings is 1. The van der Waals surface area contributed by atoms with Gasteiger partial charge in [-0.1, -0.05) is 41.7 Å². The lowest BCUT2D eigenvalue weighted by atomic mass is 9.98. The van der Waals surface area contributed by atoms with Crippen LogP contribution in [0.4, 0.5) is 5.13 Å². The van der Waals surface area contributed by atoms with E-state index in [2.05, 4.69) is 21.6 Å². The number of hydrogen-bond donors (Lipinski definition) is 1. The van der Waals surface area contributed by atoms with Crippen molar-refractivity contribution in [3.8, 4) is 40.0 Å². The molecule has 10 heteroatoms. The molecule has 2 aromatic heterocycles. The summed E-state index contributed by atoms with van der Waals surface area (Å²) >= 11 is 2.68. The van der Waals surface area contributed by atoms with Crippen molar-refractivity contribution in [2.75, 3.05) is 25.3 Å². The second kappa shape index (κ2) is 11.7. The van der Waals surface area contributed by atoms with Gasteiger partial charge in [-0.25, -0.2) is 4.98 Å². The minimum Gasteiger partial charge on any atom is -0.497 e. The van der Waals surface area contributed by atoms with Gasteiger partial charge < -0.3 is 14.8 Å². The fraction of sp³-hybridized carbons (Fsp3) is 0.192. The van der Waals surface area contributed by atoms with Crippen LogP contribution in [-0.2, 0) is 4.79 Å². The standard InChI is InChI=1S/C26H23N5O3S2/c1-16-30-31-26(36-16)29-24(32)11-12-35-25-21(15-27)19(14-22(28-25)17-7-5-4-6-8-17)20-13-18(33-2)9-10-23(20)34-3/h4-10,13-14H,11-12H2,1-3H3,(H,29,31,32). The highest BCUT2D eigenvalue weighted by Crippen LogP contribution is 2.40. The molecule has 8 nitrogen and oxygen atoms in total. The quantitative estimate of drug-likeness (QED) is 0.286. The second-order valence-electron chi connectivity index (χ2n) is 7.55. The first-order chi connectivity index (χ1) is 17.5. The molecule has 0 saturated heterocycles. The maximum absolute atomic E-state index is 12.4. The number of benzene rings is 2. The summed E-state index contributed by atoms with van der Waals surface area (Å²) in [6.45, 7) is 1.83. The maximum Gasteiger partial charge on any atom is 0.227 e. The molecule has 1 N–H and O–H groups in total. The molecule has 0 aliphatic carbocycles. The molecule has 4 rings (SSSR count). The first-order valence-corrected chi connectivity index (χ1v) is 12.8. The molecule has 4 aromatic rings. The van der Waals surface area contributed by atoms with Gasteiger partial charge in [0.05, 0.1) is 25.5 Å². The number of rotatable bonds is 9. The van der Waals surface area contributed by atoms with E-state index < -0.39 is 0 Å². The molecule has 0 saturated carbocycles. The number of ether oxygens (including phenoxy) is 2. The summed E-state index contributed by atoms with van der Waals surface area (Å²) in [5, 5.41) is 22.5. The highest BCUT2D eigenvalue weighted by atomic mass is 32.2. The molecule has 2 aromatic carbocycles. The number of anilines is 1. The number of nitriles is 1. The molecular weight excluding hydrogens is 494 g/mol. The fourth-order valence-electron chi connectivity index (χ4n) is 3.50. The van der Waals surface area contributed by atoms with Crippen LogP contribution in [0.1, 0.15) is 17.0 Å². The zero-order valence-corrected chi connectivity index (χ0v) is 21.6. The lowest BCUT2D eigenvalue weighted by Gasteiger charge is -2.15. The number of thioether (sulfide) groups is 1. The van der Waals surface area contributed by atoms with E-state index in [1.54, 1.807) is 20.3 Å². The van der Waals surface area contributed by atoms with E-state index in [9.17, 15) is 10.1 Å². The Hall–Kier alpha value is -3.94. The van der Waals surface area contributed by atoms with Crippen LogP contribution >= 0.6 is 23.1 Å². The van der Waals surface area contributed by atoms with Crippen LogP contribution in [0.5, 0.6) is 11.5 Å². The highest BCUT2D eigenvalue weighted by molar-refractivity contribution is 7.99. The number of amides is 1. The third kappa shape index (κ3) is 5.82. The normalized spacial score (nSPS) is 10.5. The van der Waals surface area contributed by atoms with Crippen molar-refractivity contribution in [3.05, 3.63) is 65.2 Å². The smallest absolute Gasteiger partial charge is 0.227 e. The Morgan fingerprint density at radius 2 is 1.89 bits per heavy atom. The number of aromatic nitrogens is 3. The van der Waals surface area contributed by atoms with Gasteiger partial charge >= 0.3 is 0 Å². The lowest BCUT2D eigenvalue weighted by Crippen LogP contribution is -2.12. The number of methoxy groups -OCH3 is 2. The van der Waals surface area contributed by atoms with Gasteiger partial charge in [0.1, 0.15) is 27.6 Å². The van der Waals surface area contributed by atoms with Gasteiger partial charge in [-0.2, -0.15) is 5.26 Å². The maximum atomic E-state index is 12.4. The van der Waals surface area contributed by atoms with Crippen LogP contribution in [-0.4, -0.2) is 41.1 Å². The topological polar surface area (TPSA) is 110 Å². The minimum absolute atomic E-state index is 0.175. The molecule has 0 radical (unpaired) electrons. The number of hydrogen-bond acceptors (Lipinski definition) is 9. The first-order valence-electron chi connectivity index (χ1n) is 11.0. The summed E-state index contributed by atoms with van der Waals surface area (Å²) in [4.78, 5) is 17.2. The Labute approximate surface area is 217 Å². The molecule has 0 atom stereocenters. The van der Waals surface area contributed by atoms with Gasteiger partial charge in [-0.15, -0.1) is 22.0 Å². The summed E-state index contributed by atoms with van der Waals surface area (Å²) in [5.74, 6) is 1.51. The molecule has 0 unspecified atom stereocenters. The molecule has 2 heterocycles. The van der Waals surface area contributed by atoms with Crippen LogP contribution < -0.4 is 14.8 Å². The van der Waals surface area contributed by atoms with Crippen LogP contribution in [0.2, 0.25) is 0 Å². The number of carbonyl (C=O) groups excluding carboxylic acids is 1. The molecule has 1 amide bonds. The molecular formula is C26H23N5O3S2. The van der Waals surface area contributed by atoms with Crippen LogP contribution in [0.15, 0.2) is 59.6 Å². The highest BCUT2D eigenvalue weighted by Gasteiger charge is 2.19. The summed E-state index contributed by atoms with van der Waals surface area (Å²) < 4.78 is 11.0. The zero-order chi connectivity index (χ0) is 25.5. The average Bonchev–Trinajstić information content (AvgIpc) is 3.32. The molecule has 0 aliphatic rings. The van der Waals surface area contributed by atoms with E-state index in [0.29, 0.717) is 44.2 Å². The Kier molecular flexibility index (Phi) is 8.15. The Balaban J connectivity index is 1.69. The fourth-order valence-corrected chi connectivity index (χ4v) is 5.05. The van der Waals surface area contributed by atoms with E-state index in [1.165, 1.54) is 23.1 Å². The average molecular weight is 518 g/mol. The van der Waals surface area contributed by atoms with Crippen molar-refractivity contribution in [2.45, 2.75) is 18.4 Å². The summed E-state index contributed by atoms with van der Waals surface area (Å²) in [7, 11) is 3.18. The predicted molar refractivity (Wildman–Crippen MR) is 142 cm³/mol. The zero-order valence-electron chi connectivity index (χ0n) is 19.9. The van der Waals surface area contributed by atoms with Gasteiger partial charge in [0, 0.05) is 28.9 Å². The third-order valence-electron chi connectivity index (χ3n) is 5.20. The number of nitrogens with zero attached hydrogens (tertiary/aromatic N) is 4. The first kappa shape index (κ1) is 25.2. The molecule has 0 fully saturated rings. The van der Waals surface area contributed by atoms with Crippen LogP contribution in [0.25, 0.3) is 22.4 Å². The minimum atomic E-state index is -0.175. The van der Waals surface area contributed by atoms with Crippen molar-refractivity contribution in [3.63, 3.8) is 0 Å². The number of nitrogens with one attached hydrogen (secondary N) is 1. The summed E-state index contributed by atoms with van der Waals surface area (Å²) in [6, 6.07) is 19.4. The van der Waals surface area contributed by atoms with Crippen molar-refractivity contribution in [1.82, 2.24) is 15.2 Å². The Bertz CT molecular complexity index is 1420. The number of carbonyl (C=O) groups is 1. The van der Waals surface area contributed by atoms with Gasteiger partial charge in [0.2, 0.25) is 11.0 Å². The number of aryl methyl sites for hydroxylation is 1. The SMILES string of the molecule is COc1ccc(OC)c(-c2cc(-c3ccccc3)nc(SCCC(=O)Nc3nnc(C)s3)c2C#N)c1. The van der Waals surface area contributed by atoms with Crippen molar-refractivity contribution in [1.29, 1.82) is 5.26 Å². The van der Waals surface area contributed by atoms with E-state index in [1.807, 2.05) is 55.5 Å². The molecule has 0 aliphatic heterocycles. The Morgan fingerprint density at radius 3 is 2.56 bits per heavy atom. The van der Waals surface area contributed by atoms with E-state index in [-0.39, 0.29) is 12.3 Å². The van der Waals surface area contributed by atoms with Crippen molar-refractivity contribution >= 4 is 34.1 Å². The van der Waals surface area contributed by atoms with Gasteiger partial charge in [0.15, 0.2) is 0 Å². The molecule has 0 bridgehead atoms. The van der Waals surface area contributed by atoms with E-state index >= 15 is 0 Å². The van der Waals surface area contributed by atoms with E-state index in [4.69, 9.17) is 14.5 Å². The van der Waals surface area contributed by atoms with Gasteiger partial charge in [0.25, 0.3) is 0 Å².